The Morgan fingerprint density at radius 1 is 1.20 bits per heavy atom. The smallest absolute Gasteiger partial charge is 0.0652 e. The van der Waals surface area contributed by atoms with Gasteiger partial charge in [-0.1, -0.05) is 66.0 Å². The second-order valence-corrected chi connectivity index (χ2v) is 12.3. The third-order valence-corrected chi connectivity index (χ3v) is 9.18. The number of rotatable bonds is 2. The summed E-state index contributed by atoms with van der Waals surface area (Å²) in [6.45, 7) is 11.5. The van der Waals surface area contributed by atoms with Crippen molar-refractivity contribution in [3.63, 3.8) is 0 Å². The van der Waals surface area contributed by atoms with Crippen LogP contribution in [0.15, 0.2) is 21.4 Å². The molecule has 1 aromatic carbocycles. The molecule has 0 nitrogen and oxygen atoms in total. The summed E-state index contributed by atoms with van der Waals surface area (Å²) in [4.78, 5) is 0. The standard InChI is InChI=1S/C13H19ISi/c1-10-6-7-11(2)12(8-10)9-13(14)15(3,4)5/h6-9H,1-5H3/b13-9+. The molecule has 0 amide bonds. The molecule has 0 bridgehead atoms. The fraction of sp³-hybridized carbons (Fsp3) is 0.385. The van der Waals surface area contributed by atoms with E-state index in [2.05, 4.69) is 80.4 Å². The summed E-state index contributed by atoms with van der Waals surface area (Å²) in [5.74, 6) is 0. The largest absolute Gasteiger partial charge is 0.0854 e. The van der Waals surface area contributed by atoms with Gasteiger partial charge in [-0.25, -0.2) is 0 Å². The average molecular weight is 330 g/mol. The van der Waals surface area contributed by atoms with E-state index in [9.17, 15) is 0 Å². The maximum absolute atomic E-state index is 2.50. The molecule has 0 N–H and O–H groups in total. The first kappa shape index (κ1) is 13.0. The molecule has 0 saturated heterocycles. The van der Waals surface area contributed by atoms with E-state index in [0.29, 0.717) is 0 Å². The monoisotopic (exact) mass is 330 g/mol. The molecule has 1 aromatic rings. The molecule has 15 heavy (non-hydrogen) atoms. The van der Waals surface area contributed by atoms with Gasteiger partial charge in [0.05, 0.1) is 8.07 Å². The third kappa shape index (κ3) is 3.76. The number of hydrogen-bond donors (Lipinski definition) is 0. The van der Waals surface area contributed by atoms with Crippen molar-refractivity contribution < 1.29 is 0 Å². The summed E-state index contributed by atoms with van der Waals surface area (Å²) in [5.41, 5.74) is 4.08. The van der Waals surface area contributed by atoms with Gasteiger partial charge in [-0.15, -0.1) is 0 Å². The van der Waals surface area contributed by atoms with Crippen LogP contribution in [0.25, 0.3) is 6.08 Å². The first-order chi connectivity index (χ1) is 6.80. The van der Waals surface area contributed by atoms with E-state index >= 15 is 0 Å². The molecule has 0 spiro atoms. The molecule has 0 aliphatic heterocycles. The Kier molecular flexibility index (Phi) is 4.18. The Hall–Kier alpha value is -0.0931. The molecule has 1 rings (SSSR count). The lowest BCUT2D eigenvalue weighted by Gasteiger charge is -2.15. The van der Waals surface area contributed by atoms with Crippen molar-refractivity contribution in [2.24, 2.45) is 0 Å². The van der Waals surface area contributed by atoms with Crippen molar-refractivity contribution in [2.75, 3.05) is 0 Å². The number of aryl methyl sites for hydroxylation is 2. The maximum Gasteiger partial charge on any atom is 0.0854 e. The zero-order chi connectivity index (χ0) is 11.6. The predicted molar refractivity (Wildman–Crippen MR) is 81.3 cm³/mol. The second-order valence-electron chi connectivity index (χ2n) is 5.10. The van der Waals surface area contributed by atoms with E-state index in [1.807, 2.05) is 0 Å². The van der Waals surface area contributed by atoms with E-state index < -0.39 is 8.07 Å². The topological polar surface area (TPSA) is 0 Å². The second kappa shape index (κ2) is 4.83. The molecular formula is C13H19ISi. The Bertz CT molecular complexity index is 386. The minimum absolute atomic E-state index is 1.14. The highest BCUT2D eigenvalue weighted by atomic mass is 127. The van der Waals surface area contributed by atoms with Crippen LogP contribution in [0.1, 0.15) is 16.7 Å². The lowest BCUT2D eigenvalue weighted by molar-refractivity contribution is 1.38. The minimum atomic E-state index is -1.14. The SMILES string of the molecule is Cc1ccc(C)c(/C=C(\I)[Si](C)(C)C)c1. The van der Waals surface area contributed by atoms with Crippen LogP contribution in [0, 0.1) is 13.8 Å². The molecule has 2 heteroatoms. The van der Waals surface area contributed by atoms with Crippen LogP contribution in [-0.4, -0.2) is 8.07 Å². The highest BCUT2D eigenvalue weighted by Gasteiger charge is 2.17. The van der Waals surface area contributed by atoms with Crippen molar-refractivity contribution in [1.29, 1.82) is 0 Å². The van der Waals surface area contributed by atoms with Crippen molar-refractivity contribution in [2.45, 2.75) is 33.5 Å². The predicted octanol–water partition coefficient (Wildman–Crippen LogP) is 4.96. The normalized spacial score (nSPS) is 13.1. The van der Waals surface area contributed by atoms with Crippen molar-refractivity contribution >= 4 is 36.7 Å². The zero-order valence-electron chi connectivity index (χ0n) is 10.2. The van der Waals surface area contributed by atoms with Crippen LogP contribution < -0.4 is 0 Å². The van der Waals surface area contributed by atoms with Crippen LogP contribution in [0.5, 0.6) is 0 Å². The van der Waals surface area contributed by atoms with Gasteiger partial charge in [0.2, 0.25) is 0 Å². The van der Waals surface area contributed by atoms with Crippen molar-refractivity contribution in [3.05, 3.63) is 38.1 Å². The van der Waals surface area contributed by atoms with Crippen LogP contribution in [-0.2, 0) is 0 Å². The fourth-order valence-corrected chi connectivity index (χ4v) is 2.19. The van der Waals surface area contributed by atoms with Gasteiger partial charge in [0.1, 0.15) is 0 Å². The molecule has 0 heterocycles. The quantitative estimate of drug-likeness (QED) is 0.531. The molecule has 0 atom stereocenters. The molecule has 0 fully saturated rings. The maximum atomic E-state index is 2.50. The van der Waals surface area contributed by atoms with Crippen LogP contribution in [0.4, 0.5) is 0 Å². The van der Waals surface area contributed by atoms with Gasteiger partial charge in [0, 0.05) is 0 Å². The van der Waals surface area contributed by atoms with Gasteiger partial charge < -0.3 is 0 Å². The highest BCUT2D eigenvalue weighted by Crippen LogP contribution is 2.25. The lowest BCUT2D eigenvalue weighted by Crippen LogP contribution is -2.20. The third-order valence-electron chi connectivity index (χ3n) is 2.43. The van der Waals surface area contributed by atoms with E-state index in [0.717, 1.165) is 0 Å². The van der Waals surface area contributed by atoms with Crippen LogP contribution in [0.2, 0.25) is 19.6 Å². The Morgan fingerprint density at radius 3 is 2.33 bits per heavy atom. The van der Waals surface area contributed by atoms with Gasteiger partial charge in [-0.2, -0.15) is 0 Å². The number of benzene rings is 1. The van der Waals surface area contributed by atoms with Crippen LogP contribution in [0.3, 0.4) is 0 Å². The number of hydrogen-bond acceptors (Lipinski definition) is 0. The summed E-state index contributed by atoms with van der Waals surface area (Å²) >= 11 is 2.50. The molecule has 82 valence electrons. The van der Waals surface area contributed by atoms with Crippen molar-refractivity contribution in [3.8, 4) is 0 Å². The van der Waals surface area contributed by atoms with E-state index in [4.69, 9.17) is 0 Å². The Labute approximate surface area is 108 Å². The first-order valence-corrected chi connectivity index (χ1v) is 9.83. The molecule has 0 aliphatic rings. The fourth-order valence-electron chi connectivity index (χ4n) is 1.27. The molecule has 0 radical (unpaired) electrons. The van der Waals surface area contributed by atoms with E-state index in [-0.39, 0.29) is 0 Å². The van der Waals surface area contributed by atoms with E-state index in [1.54, 1.807) is 0 Å². The summed E-state index contributed by atoms with van der Waals surface area (Å²) < 4.78 is 1.54. The van der Waals surface area contributed by atoms with Gasteiger partial charge in [0.25, 0.3) is 0 Å². The Morgan fingerprint density at radius 2 is 1.80 bits per heavy atom. The van der Waals surface area contributed by atoms with E-state index in [1.165, 1.54) is 19.9 Å². The summed E-state index contributed by atoms with van der Waals surface area (Å²) in [6.07, 6.45) is 2.36. The van der Waals surface area contributed by atoms with Crippen LogP contribution >= 0.6 is 22.6 Å². The van der Waals surface area contributed by atoms with Gasteiger partial charge in [-0.3, -0.25) is 0 Å². The van der Waals surface area contributed by atoms with Crippen molar-refractivity contribution in [1.82, 2.24) is 0 Å². The first-order valence-electron chi connectivity index (χ1n) is 5.25. The van der Waals surface area contributed by atoms with Gasteiger partial charge >= 0.3 is 0 Å². The van der Waals surface area contributed by atoms with Gasteiger partial charge in [-0.05, 0) is 34.3 Å². The van der Waals surface area contributed by atoms with Gasteiger partial charge in [0.15, 0.2) is 0 Å². The molecule has 0 aromatic heterocycles. The Balaban J connectivity index is 3.13. The number of halogens is 1. The molecule has 0 saturated carbocycles. The summed E-state index contributed by atoms with van der Waals surface area (Å²) in [7, 11) is -1.14. The summed E-state index contributed by atoms with van der Waals surface area (Å²) in [6, 6.07) is 6.65. The molecule has 0 unspecified atom stereocenters. The minimum Gasteiger partial charge on any atom is -0.0652 e. The summed E-state index contributed by atoms with van der Waals surface area (Å²) in [5, 5.41) is 0. The molecule has 0 aliphatic carbocycles. The zero-order valence-corrected chi connectivity index (χ0v) is 13.3. The molecular weight excluding hydrogens is 311 g/mol. The highest BCUT2D eigenvalue weighted by molar-refractivity contribution is 14.1. The lowest BCUT2D eigenvalue weighted by atomic mass is 10.1. The average Bonchev–Trinajstić information content (AvgIpc) is 2.09.